The fourth-order valence-electron chi connectivity index (χ4n) is 1.53. The molecule has 104 valence electrons. The van der Waals surface area contributed by atoms with E-state index in [1.807, 2.05) is 28.7 Å². The number of nitrogens with one attached hydrogen (secondary N) is 1. The number of amides is 1. The van der Waals surface area contributed by atoms with E-state index in [1.165, 1.54) is 12.5 Å². The maximum Gasteiger partial charge on any atom is 0.274 e. The quantitative estimate of drug-likeness (QED) is 0.390. The summed E-state index contributed by atoms with van der Waals surface area (Å²) in [4.78, 5) is 11.8. The summed E-state index contributed by atoms with van der Waals surface area (Å²) in [5, 5.41) is 13.7. The summed E-state index contributed by atoms with van der Waals surface area (Å²) in [6, 6.07) is 5.20. The highest BCUT2D eigenvalue weighted by Gasteiger charge is 2.10. The van der Waals surface area contributed by atoms with E-state index in [2.05, 4.69) is 33.1 Å². The van der Waals surface area contributed by atoms with Crippen LogP contribution in [0.5, 0.6) is 5.75 Å². The van der Waals surface area contributed by atoms with Crippen LogP contribution in [0, 0.1) is 14.1 Å². The Labute approximate surface area is 142 Å². The van der Waals surface area contributed by atoms with Crippen molar-refractivity contribution in [1.82, 2.24) is 5.43 Å². The van der Waals surface area contributed by atoms with Gasteiger partial charge in [-0.1, -0.05) is 0 Å². The second-order valence-electron chi connectivity index (χ2n) is 3.92. The first-order chi connectivity index (χ1) is 9.49. The minimum absolute atomic E-state index is 0.142. The lowest BCUT2D eigenvalue weighted by Crippen LogP contribution is -2.17. The van der Waals surface area contributed by atoms with Crippen molar-refractivity contribution in [3.63, 3.8) is 0 Å². The molecule has 1 aromatic heterocycles. The van der Waals surface area contributed by atoms with Gasteiger partial charge in [0.2, 0.25) is 0 Å². The zero-order valence-electron chi connectivity index (χ0n) is 10.4. The van der Waals surface area contributed by atoms with Gasteiger partial charge < -0.3 is 9.52 Å². The van der Waals surface area contributed by atoms with E-state index in [4.69, 9.17) is 4.42 Å². The molecule has 0 atom stereocenters. The summed E-state index contributed by atoms with van der Waals surface area (Å²) in [7, 11) is 0. The monoisotopic (exact) mass is 496 g/mol. The number of carbonyl (C=O) groups is 1. The first-order valence-corrected chi connectivity index (χ1v) is 7.70. The second kappa shape index (κ2) is 6.57. The Morgan fingerprint density at radius 1 is 1.45 bits per heavy atom. The molecule has 0 aliphatic rings. The van der Waals surface area contributed by atoms with Crippen molar-refractivity contribution < 1.29 is 14.3 Å². The van der Waals surface area contributed by atoms with Crippen LogP contribution in [0.25, 0.3) is 0 Å². The number of aromatic hydroxyl groups is 1. The molecule has 0 radical (unpaired) electrons. The number of furan rings is 1. The number of halogens is 2. The van der Waals surface area contributed by atoms with Crippen LogP contribution in [-0.2, 0) is 0 Å². The van der Waals surface area contributed by atoms with Gasteiger partial charge in [-0.05, 0) is 70.3 Å². The fourth-order valence-corrected chi connectivity index (χ4v) is 3.42. The molecule has 1 aromatic carbocycles. The zero-order valence-corrected chi connectivity index (χ0v) is 14.7. The highest BCUT2D eigenvalue weighted by molar-refractivity contribution is 14.1. The third-order valence-electron chi connectivity index (χ3n) is 2.53. The molecule has 0 fully saturated rings. The Hall–Kier alpha value is -1.10. The standard InChI is InChI=1S/C13H10I2N2O3/c1-7-10(2-3-20-7)13(19)17-16-6-8-4-9(14)5-11(15)12(8)18/h2-6,18H,1H3,(H,17,19). The number of phenolic OH excluding ortho intramolecular Hbond substituents is 1. The molecule has 0 aliphatic heterocycles. The van der Waals surface area contributed by atoms with Crippen LogP contribution in [0.1, 0.15) is 21.7 Å². The molecule has 0 spiro atoms. The van der Waals surface area contributed by atoms with E-state index in [1.54, 1.807) is 19.1 Å². The predicted molar refractivity (Wildman–Crippen MR) is 92.0 cm³/mol. The molecule has 2 rings (SSSR count). The number of hydrogen-bond donors (Lipinski definition) is 2. The number of phenols is 1. The van der Waals surface area contributed by atoms with Crippen molar-refractivity contribution in [1.29, 1.82) is 0 Å². The molecule has 0 saturated carbocycles. The smallest absolute Gasteiger partial charge is 0.274 e. The van der Waals surface area contributed by atoms with Crippen LogP contribution in [-0.4, -0.2) is 17.2 Å². The Morgan fingerprint density at radius 3 is 2.85 bits per heavy atom. The topological polar surface area (TPSA) is 74.8 Å². The number of carbonyl (C=O) groups excluding carboxylic acids is 1. The Kier molecular flexibility index (Phi) is 5.02. The molecule has 0 bridgehead atoms. The van der Waals surface area contributed by atoms with Gasteiger partial charge in [0.05, 0.1) is 21.6 Å². The molecule has 1 amide bonds. The zero-order chi connectivity index (χ0) is 14.7. The maximum absolute atomic E-state index is 11.8. The lowest BCUT2D eigenvalue weighted by Gasteiger charge is -2.03. The van der Waals surface area contributed by atoms with Crippen molar-refractivity contribution >= 4 is 57.3 Å². The van der Waals surface area contributed by atoms with Gasteiger partial charge in [0.15, 0.2) is 0 Å². The van der Waals surface area contributed by atoms with E-state index in [0.29, 0.717) is 16.9 Å². The molecule has 0 aliphatic carbocycles. The largest absolute Gasteiger partial charge is 0.506 e. The van der Waals surface area contributed by atoms with Crippen LogP contribution < -0.4 is 5.43 Å². The van der Waals surface area contributed by atoms with Crippen molar-refractivity contribution in [2.24, 2.45) is 5.10 Å². The Morgan fingerprint density at radius 2 is 2.20 bits per heavy atom. The molecular formula is C13H10I2N2O3. The SMILES string of the molecule is Cc1occc1C(=O)NN=Cc1cc(I)cc(I)c1O. The van der Waals surface area contributed by atoms with Crippen molar-refractivity contribution in [3.05, 3.63) is 48.5 Å². The van der Waals surface area contributed by atoms with Crippen LogP contribution in [0.2, 0.25) is 0 Å². The summed E-state index contributed by atoms with van der Waals surface area (Å²) < 4.78 is 6.75. The van der Waals surface area contributed by atoms with Crippen molar-refractivity contribution in [2.45, 2.75) is 6.92 Å². The summed E-state index contributed by atoms with van der Waals surface area (Å²) in [6.07, 6.45) is 2.86. The highest BCUT2D eigenvalue weighted by atomic mass is 127. The average Bonchev–Trinajstić information content (AvgIpc) is 2.81. The molecule has 5 nitrogen and oxygen atoms in total. The molecule has 20 heavy (non-hydrogen) atoms. The van der Waals surface area contributed by atoms with E-state index in [9.17, 15) is 9.90 Å². The molecule has 2 N–H and O–H groups in total. The van der Waals surface area contributed by atoms with E-state index in [0.717, 1.165) is 7.14 Å². The maximum atomic E-state index is 11.8. The lowest BCUT2D eigenvalue weighted by atomic mass is 10.2. The number of rotatable bonds is 3. The summed E-state index contributed by atoms with van der Waals surface area (Å²) in [6.45, 7) is 1.70. The third kappa shape index (κ3) is 3.51. The number of nitrogens with zero attached hydrogens (tertiary/aromatic N) is 1. The first kappa shape index (κ1) is 15.3. The van der Waals surface area contributed by atoms with Crippen molar-refractivity contribution in [2.75, 3.05) is 0 Å². The molecular weight excluding hydrogens is 486 g/mol. The fraction of sp³-hybridized carbons (Fsp3) is 0.0769. The van der Waals surface area contributed by atoms with Crippen molar-refractivity contribution in [3.8, 4) is 5.75 Å². The van der Waals surface area contributed by atoms with E-state index in [-0.39, 0.29) is 11.7 Å². The van der Waals surface area contributed by atoms with E-state index >= 15 is 0 Å². The Balaban J connectivity index is 2.11. The number of hydrazone groups is 1. The van der Waals surface area contributed by atoms with E-state index < -0.39 is 0 Å². The normalized spacial score (nSPS) is 10.9. The lowest BCUT2D eigenvalue weighted by molar-refractivity contribution is 0.0953. The minimum Gasteiger partial charge on any atom is -0.506 e. The third-order valence-corrected chi connectivity index (χ3v) is 3.98. The van der Waals surface area contributed by atoms with Crippen LogP contribution in [0.3, 0.4) is 0 Å². The van der Waals surface area contributed by atoms with Gasteiger partial charge in [0.1, 0.15) is 11.5 Å². The minimum atomic E-state index is -0.354. The predicted octanol–water partition coefficient (Wildman–Crippen LogP) is 3.27. The molecule has 0 saturated heterocycles. The summed E-state index contributed by atoms with van der Waals surface area (Å²) >= 11 is 4.19. The van der Waals surface area contributed by atoms with Crippen LogP contribution in [0.15, 0.2) is 34.0 Å². The Bertz CT molecular complexity index is 680. The summed E-state index contributed by atoms with van der Waals surface area (Å²) in [5.41, 5.74) is 3.38. The summed E-state index contributed by atoms with van der Waals surface area (Å²) in [5.74, 6) is 0.320. The molecule has 0 unspecified atom stereocenters. The number of hydrogen-bond acceptors (Lipinski definition) is 4. The number of aryl methyl sites for hydroxylation is 1. The molecule has 7 heteroatoms. The van der Waals surface area contributed by atoms with Gasteiger partial charge in [0.25, 0.3) is 5.91 Å². The van der Waals surface area contributed by atoms with Gasteiger partial charge in [0, 0.05) is 9.13 Å². The molecule has 1 heterocycles. The van der Waals surface area contributed by atoms with Gasteiger partial charge in [-0.3, -0.25) is 4.79 Å². The van der Waals surface area contributed by atoms with Crippen LogP contribution >= 0.6 is 45.2 Å². The second-order valence-corrected chi connectivity index (χ2v) is 6.32. The average molecular weight is 496 g/mol. The van der Waals surface area contributed by atoms with Crippen LogP contribution in [0.4, 0.5) is 0 Å². The van der Waals surface area contributed by atoms with Gasteiger partial charge in [-0.25, -0.2) is 5.43 Å². The first-order valence-electron chi connectivity index (χ1n) is 5.54. The van der Waals surface area contributed by atoms with Gasteiger partial charge in [-0.2, -0.15) is 5.10 Å². The number of benzene rings is 1. The van der Waals surface area contributed by atoms with Gasteiger partial charge >= 0.3 is 0 Å². The molecule has 2 aromatic rings. The highest BCUT2D eigenvalue weighted by Crippen LogP contribution is 2.25. The van der Waals surface area contributed by atoms with Gasteiger partial charge in [-0.15, -0.1) is 0 Å².